The summed E-state index contributed by atoms with van der Waals surface area (Å²) in [6.07, 6.45) is 1.47. The Morgan fingerprint density at radius 1 is 1.56 bits per heavy atom. The zero-order chi connectivity index (χ0) is 12.6. The number of hydrogen-bond acceptors (Lipinski definition) is 4. The van der Waals surface area contributed by atoms with Gasteiger partial charge in [-0.3, -0.25) is 0 Å². The van der Waals surface area contributed by atoms with E-state index in [2.05, 4.69) is 9.71 Å². The molecule has 0 atom stereocenters. The Morgan fingerprint density at radius 2 is 2.12 bits per heavy atom. The van der Waals surface area contributed by atoms with Gasteiger partial charge in [-0.1, -0.05) is 0 Å². The fourth-order valence-electron chi connectivity index (χ4n) is 1.01. The summed E-state index contributed by atoms with van der Waals surface area (Å²) in [4.78, 5) is 3.95. The summed E-state index contributed by atoms with van der Waals surface area (Å²) < 4.78 is 27.7. The van der Waals surface area contributed by atoms with E-state index in [0.717, 1.165) is 0 Å². The maximum absolute atomic E-state index is 11.8. The number of imidazole rings is 1. The third kappa shape index (κ3) is 3.29. The quantitative estimate of drug-likeness (QED) is 0.766. The smallest absolute Gasteiger partial charge is 0.259 e. The molecular formula is C9H18N4O2S. The summed E-state index contributed by atoms with van der Waals surface area (Å²) in [7, 11) is -1.81. The summed E-state index contributed by atoms with van der Waals surface area (Å²) >= 11 is 0. The first kappa shape index (κ1) is 13.1. The molecular weight excluding hydrogens is 228 g/mol. The molecule has 1 heterocycles. The van der Waals surface area contributed by atoms with Crippen LogP contribution in [-0.2, 0) is 17.1 Å². The minimum Gasteiger partial charge on any atom is -0.337 e. The lowest BCUT2D eigenvalue weighted by atomic mass is 10.1. The van der Waals surface area contributed by atoms with Gasteiger partial charge < -0.3 is 10.3 Å². The van der Waals surface area contributed by atoms with Gasteiger partial charge >= 0.3 is 0 Å². The monoisotopic (exact) mass is 246 g/mol. The lowest BCUT2D eigenvalue weighted by Gasteiger charge is -2.18. The first-order valence-electron chi connectivity index (χ1n) is 4.90. The summed E-state index contributed by atoms with van der Waals surface area (Å²) in [6, 6.07) is 0. The molecule has 6 nitrogen and oxygen atoms in total. The maximum Gasteiger partial charge on any atom is 0.259 e. The van der Waals surface area contributed by atoms with Crippen molar-refractivity contribution >= 4 is 10.0 Å². The normalized spacial score (nSPS) is 13.1. The SMILES string of the molecule is Cc1nc(S(=O)(=O)NCC(C)(C)N)cn1C. The maximum atomic E-state index is 11.8. The highest BCUT2D eigenvalue weighted by molar-refractivity contribution is 7.89. The van der Waals surface area contributed by atoms with Crippen LogP contribution in [-0.4, -0.2) is 30.1 Å². The van der Waals surface area contributed by atoms with Crippen molar-refractivity contribution in [2.75, 3.05) is 6.54 Å². The van der Waals surface area contributed by atoms with Crippen LogP contribution in [0.1, 0.15) is 19.7 Å². The van der Waals surface area contributed by atoms with Crippen LogP contribution in [0.4, 0.5) is 0 Å². The number of nitrogens with zero attached hydrogens (tertiary/aromatic N) is 2. The van der Waals surface area contributed by atoms with Gasteiger partial charge in [0.2, 0.25) is 0 Å². The molecule has 0 saturated carbocycles. The Kier molecular flexibility index (Phi) is 3.41. The topological polar surface area (TPSA) is 90.0 Å². The largest absolute Gasteiger partial charge is 0.337 e. The summed E-state index contributed by atoms with van der Waals surface area (Å²) in [6.45, 7) is 5.41. The van der Waals surface area contributed by atoms with Crippen LogP contribution >= 0.6 is 0 Å². The Hall–Kier alpha value is -0.920. The summed E-state index contributed by atoms with van der Waals surface area (Å²) in [5.74, 6) is 0.646. The average Bonchev–Trinajstić information content (AvgIpc) is 2.44. The van der Waals surface area contributed by atoms with Crippen molar-refractivity contribution in [1.29, 1.82) is 0 Å². The fourth-order valence-corrected chi connectivity index (χ4v) is 2.27. The fraction of sp³-hybridized carbons (Fsp3) is 0.667. The Balaban J connectivity index is 2.87. The van der Waals surface area contributed by atoms with Gasteiger partial charge in [0.1, 0.15) is 5.82 Å². The average molecular weight is 246 g/mol. The lowest BCUT2D eigenvalue weighted by molar-refractivity contribution is 0.497. The van der Waals surface area contributed by atoms with Crippen LogP contribution < -0.4 is 10.5 Å². The molecule has 0 saturated heterocycles. The van der Waals surface area contributed by atoms with Gasteiger partial charge in [0, 0.05) is 25.3 Å². The van der Waals surface area contributed by atoms with E-state index >= 15 is 0 Å². The Morgan fingerprint density at radius 3 is 2.50 bits per heavy atom. The van der Waals surface area contributed by atoms with Crippen molar-refractivity contribution in [1.82, 2.24) is 14.3 Å². The van der Waals surface area contributed by atoms with Gasteiger partial charge in [0.15, 0.2) is 5.03 Å². The van der Waals surface area contributed by atoms with Crippen molar-refractivity contribution in [3.8, 4) is 0 Å². The molecule has 0 amide bonds. The molecule has 7 heteroatoms. The van der Waals surface area contributed by atoms with E-state index < -0.39 is 15.6 Å². The van der Waals surface area contributed by atoms with Gasteiger partial charge in [-0.05, 0) is 20.8 Å². The van der Waals surface area contributed by atoms with Crippen molar-refractivity contribution in [3.63, 3.8) is 0 Å². The highest BCUT2D eigenvalue weighted by atomic mass is 32.2. The molecule has 0 aromatic carbocycles. The van der Waals surface area contributed by atoms with Crippen molar-refractivity contribution in [2.45, 2.75) is 31.3 Å². The molecule has 3 N–H and O–H groups in total. The number of rotatable bonds is 4. The second-order valence-corrected chi connectivity index (χ2v) is 6.26. The predicted molar refractivity (Wildman–Crippen MR) is 61.4 cm³/mol. The van der Waals surface area contributed by atoms with Crippen LogP contribution in [0.3, 0.4) is 0 Å². The van der Waals surface area contributed by atoms with E-state index in [-0.39, 0.29) is 11.6 Å². The Bertz CT molecular complexity index is 451. The molecule has 0 radical (unpaired) electrons. The number of aromatic nitrogens is 2. The predicted octanol–water partition coefficient (Wildman–Crippen LogP) is -0.256. The number of aryl methyl sites for hydroxylation is 2. The van der Waals surface area contributed by atoms with Crippen LogP contribution in [0.25, 0.3) is 0 Å². The molecule has 1 rings (SSSR count). The van der Waals surface area contributed by atoms with Gasteiger partial charge in [0.05, 0.1) is 0 Å². The number of hydrogen-bond donors (Lipinski definition) is 2. The second kappa shape index (κ2) is 4.15. The van der Waals surface area contributed by atoms with Gasteiger partial charge in [0.25, 0.3) is 10.0 Å². The van der Waals surface area contributed by atoms with Crippen LogP contribution in [0.5, 0.6) is 0 Å². The first-order chi connectivity index (χ1) is 7.12. The molecule has 92 valence electrons. The molecule has 0 aliphatic carbocycles. The van der Waals surface area contributed by atoms with Crippen LogP contribution in [0, 0.1) is 6.92 Å². The van der Waals surface area contributed by atoms with Gasteiger partial charge in [-0.15, -0.1) is 0 Å². The van der Waals surface area contributed by atoms with E-state index in [4.69, 9.17) is 5.73 Å². The lowest BCUT2D eigenvalue weighted by Crippen LogP contribution is -2.45. The van der Waals surface area contributed by atoms with E-state index in [9.17, 15) is 8.42 Å². The number of nitrogens with one attached hydrogen (secondary N) is 1. The van der Waals surface area contributed by atoms with E-state index in [1.165, 1.54) is 6.20 Å². The minimum atomic E-state index is -3.56. The highest BCUT2D eigenvalue weighted by Gasteiger charge is 2.21. The molecule has 0 aliphatic rings. The van der Waals surface area contributed by atoms with Crippen LogP contribution in [0.15, 0.2) is 11.2 Å². The molecule has 0 unspecified atom stereocenters. The van der Waals surface area contributed by atoms with E-state index in [1.54, 1.807) is 32.4 Å². The molecule has 0 fully saturated rings. The highest BCUT2D eigenvalue weighted by Crippen LogP contribution is 2.08. The summed E-state index contributed by atoms with van der Waals surface area (Å²) in [5, 5.41) is 0.0248. The van der Waals surface area contributed by atoms with E-state index in [1.807, 2.05) is 0 Å². The summed E-state index contributed by atoms with van der Waals surface area (Å²) in [5.41, 5.74) is 5.12. The zero-order valence-electron chi connectivity index (χ0n) is 9.98. The van der Waals surface area contributed by atoms with Gasteiger partial charge in [-0.2, -0.15) is 0 Å². The first-order valence-corrected chi connectivity index (χ1v) is 6.39. The van der Waals surface area contributed by atoms with Crippen molar-refractivity contribution in [3.05, 3.63) is 12.0 Å². The second-order valence-electron chi connectivity index (χ2n) is 4.55. The number of sulfonamides is 1. The molecule has 1 aromatic rings. The van der Waals surface area contributed by atoms with Crippen molar-refractivity contribution in [2.24, 2.45) is 12.8 Å². The zero-order valence-corrected chi connectivity index (χ0v) is 10.8. The van der Waals surface area contributed by atoms with Crippen LogP contribution in [0.2, 0.25) is 0 Å². The third-order valence-electron chi connectivity index (χ3n) is 2.08. The molecule has 1 aromatic heterocycles. The van der Waals surface area contributed by atoms with E-state index in [0.29, 0.717) is 5.82 Å². The van der Waals surface area contributed by atoms with Crippen molar-refractivity contribution < 1.29 is 8.42 Å². The Labute approximate surface area is 95.9 Å². The van der Waals surface area contributed by atoms with Gasteiger partial charge in [-0.25, -0.2) is 18.1 Å². The standard InChI is InChI=1S/C9H18N4O2S/c1-7-12-8(5-13(7)4)16(14,15)11-6-9(2,3)10/h5,11H,6,10H2,1-4H3. The number of nitrogens with two attached hydrogens (primary N) is 1. The molecule has 0 aliphatic heterocycles. The minimum absolute atomic E-state index is 0.0248. The molecule has 16 heavy (non-hydrogen) atoms. The third-order valence-corrected chi connectivity index (χ3v) is 3.35. The molecule has 0 bridgehead atoms. The molecule has 0 spiro atoms.